The van der Waals surface area contributed by atoms with Gasteiger partial charge in [-0.1, -0.05) is 0 Å². The molecule has 11 heteroatoms. The van der Waals surface area contributed by atoms with Gasteiger partial charge in [0.25, 0.3) is 0 Å². The smallest absolute Gasteiger partial charge is 0.320 e. The number of anilines is 2. The summed E-state index contributed by atoms with van der Waals surface area (Å²) in [6.45, 7) is 0. The van der Waals surface area contributed by atoms with E-state index in [1.807, 2.05) is 4.57 Å². The van der Waals surface area contributed by atoms with E-state index in [0.717, 1.165) is 18.6 Å². The van der Waals surface area contributed by atoms with Crippen molar-refractivity contribution in [3.63, 3.8) is 0 Å². The van der Waals surface area contributed by atoms with Crippen LogP contribution in [0.5, 0.6) is 0 Å². The third kappa shape index (κ3) is 3.94. The monoisotopic (exact) mass is 367 g/mol. The Kier molecular flexibility index (Phi) is 5.25. The number of aromatic nitrogens is 4. The first kappa shape index (κ1) is 17.7. The fourth-order valence-corrected chi connectivity index (χ4v) is 3.82. The van der Waals surface area contributed by atoms with E-state index >= 15 is 0 Å². The van der Waals surface area contributed by atoms with Crippen LogP contribution < -0.4 is 17.2 Å². The minimum Gasteiger partial charge on any atom is -0.480 e. The minimum absolute atomic E-state index is 0.0880. The number of carboxylic acid groups (broad SMARTS) is 1. The summed E-state index contributed by atoms with van der Waals surface area (Å²) >= 11 is 1.65. The molecule has 10 nitrogen and oxygen atoms in total. The number of fused-ring (bicyclic) bond motifs is 1. The highest BCUT2D eigenvalue weighted by atomic mass is 32.2. The number of carbonyl (C=O) groups is 1. The molecule has 0 unspecified atom stereocenters. The molecule has 0 bridgehead atoms. The highest BCUT2D eigenvalue weighted by Crippen LogP contribution is 2.32. The predicted octanol–water partition coefficient (Wildman–Crippen LogP) is 0.203. The average molecular weight is 367 g/mol. The van der Waals surface area contributed by atoms with Crippen LogP contribution in [0.25, 0.3) is 11.2 Å². The molecule has 0 amide bonds. The van der Waals surface area contributed by atoms with Crippen LogP contribution in [0, 0.1) is 0 Å². The van der Waals surface area contributed by atoms with Crippen molar-refractivity contribution >= 4 is 40.7 Å². The molecule has 0 aliphatic carbocycles. The molecule has 3 atom stereocenters. The molecule has 0 spiro atoms. The van der Waals surface area contributed by atoms with Gasteiger partial charge in [-0.2, -0.15) is 21.7 Å². The summed E-state index contributed by atoms with van der Waals surface area (Å²) in [4.78, 5) is 23.0. The molecule has 1 aliphatic rings. The van der Waals surface area contributed by atoms with E-state index in [1.54, 1.807) is 18.1 Å². The maximum Gasteiger partial charge on any atom is 0.320 e. The Balaban J connectivity index is 1.56. The topological polar surface area (TPSA) is 168 Å². The number of hydrogen-bond acceptors (Lipinski definition) is 9. The fourth-order valence-electron chi connectivity index (χ4n) is 2.73. The Morgan fingerprint density at radius 3 is 3.00 bits per heavy atom. The second kappa shape index (κ2) is 7.42. The lowest BCUT2D eigenvalue weighted by Crippen LogP contribution is -2.30. The molecule has 136 valence electrons. The van der Waals surface area contributed by atoms with Crippen LogP contribution in [0.15, 0.2) is 6.33 Å². The summed E-state index contributed by atoms with van der Waals surface area (Å²) in [5.74, 6) is 0.860. The number of rotatable bonds is 7. The van der Waals surface area contributed by atoms with Gasteiger partial charge in [0.05, 0.1) is 12.4 Å². The largest absolute Gasteiger partial charge is 0.480 e. The van der Waals surface area contributed by atoms with E-state index in [0.29, 0.717) is 23.3 Å². The third-order valence-electron chi connectivity index (χ3n) is 4.06. The van der Waals surface area contributed by atoms with E-state index in [2.05, 4.69) is 15.0 Å². The van der Waals surface area contributed by atoms with Gasteiger partial charge in [-0.3, -0.25) is 9.36 Å². The molecule has 25 heavy (non-hydrogen) atoms. The molecular weight excluding hydrogens is 346 g/mol. The standard InChI is InChI=1S/C14H21N7O3S/c15-8(13(22)23)3-4-25-5-7-1-2-9(24-7)21-6-18-10-11(16)19-14(17)20-12(10)21/h6-9H,1-5,15H2,(H,22,23)(H4,16,17,19,20)/t7-,8-,9+/m0/s1. The van der Waals surface area contributed by atoms with E-state index in [-0.39, 0.29) is 24.1 Å². The quantitative estimate of drug-likeness (QED) is 0.496. The van der Waals surface area contributed by atoms with Gasteiger partial charge in [-0.15, -0.1) is 0 Å². The zero-order valence-corrected chi connectivity index (χ0v) is 14.4. The molecule has 3 rings (SSSR count). The van der Waals surface area contributed by atoms with Crippen molar-refractivity contribution in [2.45, 2.75) is 37.6 Å². The van der Waals surface area contributed by atoms with Crippen molar-refractivity contribution in [2.75, 3.05) is 23.0 Å². The number of carboxylic acids is 1. The van der Waals surface area contributed by atoms with Crippen LogP contribution in [-0.4, -0.2) is 54.2 Å². The number of nitrogens with zero attached hydrogens (tertiary/aromatic N) is 4. The predicted molar refractivity (Wildman–Crippen MR) is 94.8 cm³/mol. The Morgan fingerprint density at radius 2 is 2.24 bits per heavy atom. The van der Waals surface area contributed by atoms with Crippen molar-refractivity contribution in [1.82, 2.24) is 19.5 Å². The molecule has 3 heterocycles. The van der Waals surface area contributed by atoms with Crippen molar-refractivity contribution in [1.29, 1.82) is 0 Å². The lowest BCUT2D eigenvalue weighted by molar-refractivity contribution is -0.138. The highest BCUT2D eigenvalue weighted by Gasteiger charge is 2.28. The van der Waals surface area contributed by atoms with E-state index in [1.165, 1.54) is 0 Å². The van der Waals surface area contributed by atoms with E-state index in [9.17, 15) is 4.79 Å². The zero-order valence-electron chi connectivity index (χ0n) is 13.5. The Morgan fingerprint density at radius 1 is 1.44 bits per heavy atom. The number of imidazole rings is 1. The van der Waals surface area contributed by atoms with Gasteiger partial charge in [-0.25, -0.2) is 4.98 Å². The molecule has 0 radical (unpaired) electrons. The number of nitrogen functional groups attached to an aromatic ring is 2. The van der Waals surface area contributed by atoms with Crippen LogP contribution >= 0.6 is 11.8 Å². The van der Waals surface area contributed by atoms with Crippen LogP contribution in [-0.2, 0) is 9.53 Å². The molecule has 0 saturated carbocycles. The van der Waals surface area contributed by atoms with Crippen LogP contribution in [0.4, 0.5) is 11.8 Å². The highest BCUT2D eigenvalue weighted by molar-refractivity contribution is 7.99. The molecule has 7 N–H and O–H groups in total. The molecule has 1 aliphatic heterocycles. The van der Waals surface area contributed by atoms with Gasteiger partial charge in [-0.05, 0) is 25.0 Å². The van der Waals surface area contributed by atoms with Crippen LogP contribution in [0.1, 0.15) is 25.5 Å². The molecule has 1 fully saturated rings. The Labute approximate surface area is 148 Å². The van der Waals surface area contributed by atoms with Gasteiger partial charge in [0.15, 0.2) is 11.5 Å². The van der Waals surface area contributed by atoms with Crippen LogP contribution in [0.3, 0.4) is 0 Å². The van der Waals surface area contributed by atoms with E-state index < -0.39 is 12.0 Å². The summed E-state index contributed by atoms with van der Waals surface area (Å²) in [6.07, 6.45) is 3.72. The fraction of sp³-hybridized carbons (Fsp3) is 0.571. The molecule has 2 aromatic heterocycles. The van der Waals surface area contributed by atoms with Crippen molar-refractivity contribution < 1.29 is 14.6 Å². The summed E-state index contributed by atoms with van der Waals surface area (Å²) in [7, 11) is 0. The summed E-state index contributed by atoms with van der Waals surface area (Å²) in [6, 6.07) is -0.808. The second-order valence-corrected chi connectivity index (χ2v) is 7.04. The maximum atomic E-state index is 10.7. The lowest BCUT2D eigenvalue weighted by atomic mass is 10.2. The molecule has 1 saturated heterocycles. The SMILES string of the molecule is Nc1nc(N)c2ncn([C@H]3CC[C@@H](CSCC[C@H](N)C(=O)O)O3)c2n1. The van der Waals surface area contributed by atoms with Gasteiger partial charge in [0, 0.05) is 5.75 Å². The van der Waals surface area contributed by atoms with Gasteiger partial charge in [0.1, 0.15) is 17.8 Å². The van der Waals surface area contributed by atoms with Gasteiger partial charge in [0.2, 0.25) is 5.95 Å². The summed E-state index contributed by atoms with van der Waals surface area (Å²) in [5.41, 5.74) is 18.1. The minimum atomic E-state index is -0.967. The number of aliphatic carboxylic acids is 1. The van der Waals surface area contributed by atoms with Crippen molar-refractivity contribution in [2.24, 2.45) is 5.73 Å². The summed E-state index contributed by atoms with van der Waals surface area (Å²) in [5, 5.41) is 8.76. The third-order valence-corrected chi connectivity index (χ3v) is 5.19. The Bertz CT molecular complexity index is 768. The number of ether oxygens (including phenoxy) is 1. The normalized spacial score (nSPS) is 21.6. The summed E-state index contributed by atoms with van der Waals surface area (Å²) < 4.78 is 7.89. The lowest BCUT2D eigenvalue weighted by Gasteiger charge is -2.15. The number of hydrogen-bond donors (Lipinski definition) is 4. The average Bonchev–Trinajstić information content (AvgIpc) is 3.17. The first-order chi connectivity index (χ1) is 12.0. The van der Waals surface area contributed by atoms with Crippen molar-refractivity contribution in [3.05, 3.63) is 6.33 Å². The zero-order chi connectivity index (χ0) is 18.0. The Hall–Kier alpha value is -2.11. The number of nitrogens with two attached hydrogens (primary N) is 3. The van der Waals surface area contributed by atoms with Crippen LogP contribution in [0.2, 0.25) is 0 Å². The van der Waals surface area contributed by atoms with Gasteiger partial charge < -0.3 is 27.0 Å². The first-order valence-electron chi connectivity index (χ1n) is 7.93. The molecular formula is C14H21N7O3S. The molecule has 2 aromatic rings. The van der Waals surface area contributed by atoms with Gasteiger partial charge >= 0.3 is 5.97 Å². The first-order valence-corrected chi connectivity index (χ1v) is 9.08. The number of thioether (sulfide) groups is 1. The molecule has 0 aromatic carbocycles. The second-order valence-electron chi connectivity index (χ2n) is 5.89. The van der Waals surface area contributed by atoms with Crippen molar-refractivity contribution in [3.8, 4) is 0 Å². The maximum absolute atomic E-state index is 10.7. The van der Waals surface area contributed by atoms with E-state index in [4.69, 9.17) is 27.0 Å².